The first-order chi connectivity index (χ1) is 23.0. The maximum Gasteiger partial charge on any atom is 0.249 e. The Morgan fingerprint density at radius 1 is 0.553 bits per heavy atom. The van der Waals surface area contributed by atoms with Gasteiger partial charge in [0.2, 0.25) is 5.91 Å². The highest BCUT2D eigenvalue weighted by atomic mass is 16.3. The van der Waals surface area contributed by atoms with E-state index < -0.39 is 36.9 Å². The molecule has 0 radical (unpaired) electrons. The van der Waals surface area contributed by atoms with E-state index in [2.05, 4.69) is 60.8 Å². The number of hydrogen-bond donors (Lipinski definition) is 5. The summed E-state index contributed by atoms with van der Waals surface area (Å²) in [6.45, 7) is 3.80. The zero-order chi connectivity index (χ0) is 34.6. The van der Waals surface area contributed by atoms with Crippen molar-refractivity contribution in [3.8, 4) is 0 Å². The number of rotatable bonds is 34. The number of unbranched alkanes of at least 4 members (excludes halogenated alkanes) is 18. The van der Waals surface area contributed by atoms with E-state index in [1.807, 2.05) is 6.92 Å². The third-order valence-corrected chi connectivity index (χ3v) is 8.81. The highest BCUT2D eigenvalue weighted by molar-refractivity contribution is 5.80. The molecule has 4 atom stereocenters. The van der Waals surface area contributed by atoms with Crippen LogP contribution in [0.4, 0.5) is 0 Å². The summed E-state index contributed by atoms with van der Waals surface area (Å²) in [7, 11) is 0. The van der Waals surface area contributed by atoms with E-state index >= 15 is 0 Å². The first-order valence-corrected chi connectivity index (χ1v) is 19.5. The molecule has 0 aliphatic carbocycles. The molecule has 0 aliphatic heterocycles. The molecule has 6 nitrogen and oxygen atoms in total. The number of allylic oxidation sites excluding steroid dienone is 8. The molecular weight excluding hydrogens is 586 g/mol. The van der Waals surface area contributed by atoms with Crippen LogP contribution in [-0.2, 0) is 4.79 Å². The number of nitrogens with one attached hydrogen (secondary N) is 1. The Labute approximate surface area is 289 Å². The second kappa shape index (κ2) is 35.6. The average molecular weight is 662 g/mol. The van der Waals surface area contributed by atoms with E-state index in [1.54, 1.807) is 0 Å². The van der Waals surface area contributed by atoms with Crippen molar-refractivity contribution in [1.29, 1.82) is 0 Å². The van der Waals surface area contributed by atoms with E-state index in [0.717, 1.165) is 64.2 Å². The Morgan fingerprint density at radius 3 is 1.47 bits per heavy atom. The molecule has 0 spiro atoms. The Bertz CT molecular complexity index is 793. The standard InChI is InChI=1S/C41H75NO5/c1-3-5-7-9-11-13-15-17-18-19-20-21-22-23-25-27-29-31-33-35-39(45)41(47)42-37(36-43)40(46)38(44)34-32-30-28-26-24-16-14-12-10-8-6-4-2/h4,6,12,14,20-21,26,28,37-40,43-46H,3,5,7-11,13,15-19,22-25,27,29-36H2,1-2H3,(H,42,47)/b6-4+,14-12+,21-20-,28-26+. The van der Waals surface area contributed by atoms with Gasteiger partial charge in [-0.05, 0) is 84.0 Å². The molecule has 0 bridgehead atoms. The van der Waals surface area contributed by atoms with Crippen LogP contribution in [0, 0.1) is 0 Å². The van der Waals surface area contributed by atoms with Crippen molar-refractivity contribution in [2.75, 3.05) is 6.61 Å². The Kier molecular flexibility index (Phi) is 34.3. The highest BCUT2D eigenvalue weighted by Gasteiger charge is 2.28. The van der Waals surface area contributed by atoms with Crippen LogP contribution in [0.5, 0.6) is 0 Å². The molecule has 274 valence electrons. The summed E-state index contributed by atoms with van der Waals surface area (Å²) in [5.41, 5.74) is 0. The molecule has 1 amide bonds. The van der Waals surface area contributed by atoms with Crippen LogP contribution >= 0.6 is 0 Å². The van der Waals surface area contributed by atoms with Crippen LogP contribution < -0.4 is 5.32 Å². The summed E-state index contributed by atoms with van der Waals surface area (Å²) in [6.07, 6.45) is 41.5. The average Bonchev–Trinajstić information content (AvgIpc) is 3.07. The van der Waals surface area contributed by atoms with Gasteiger partial charge in [0, 0.05) is 0 Å². The summed E-state index contributed by atoms with van der Waals surface area (Å²) >= 11 is 0. The van der Waals surface area contributed by atoms with E-state index in [9.17, 15) is 25.2 Å². The second-order valence-electron chi connectivity index (χ2n) is 13.3. The Morgan fingerprint density at radius 2 is 0.979 bits per heavy atom. The number of aliphatic hydroxyl groups excluding tert-OH is 4. The Hall–Kier alpha value is -1.73. The molecular formula is C41H75NO5. The lowest BCUT2D eigenvalue weighted by atomic mass is 10.00. The van der Waals surface area contributed by atoms with Crippen molar-refractivity contribution in [1.82, 2.24) is 5.32 Å². The first kappa shape index (κ1) is 45.3. The van der Waals surface area contributed by atoms with Gasteiger partial charge in [0.1, 0.15) is 12.2 Å². The summed E-state index contributed by atoms with van der Waals surface area (Å²) < 4.78 is 0. The van der Waals surface area contributed by atoms with E-state index in [1.165, 1.54) is 77.0 Å². The normalized spacial score (nSPS) is 14.9. The van der Waals surface area contributed by atoms with Gasteiger partial charge in [0.05, 0.1) is 18.8 Å². The van der Waals surface area contributed by atoms with Gasteiger partial charge >= 0.3 is 0 Å². The number of hydrogen-bond acceptors (Lipinski definition) is 5. The lowest BCUT2D eigenvalue weighted by Gasteiger charge is -2.27. The van der Waals surface area contributed by atoms with Crippen molar-refractivity contribution >= 4 is 5.91 Å². The summed E-state index contributed by atoms with van der Waals surface area (Å²) in [5.74, 6) is -0.608. The molecule has 0 aromatic heterocycles. The fourth-order valence-electron chi connectivity index (χ4n) is 5.67. The van der Waals surface area contributed by atoms with Crippen LogP contribution in [0.2, 0.25) is 0 Å². The van der Waals surface area contributed by atoms with Gasteiger partial charge < -0.3 is 25.7 Å². The summed E-state index contributed by atoms with van der Waals surface area (Å²) in [4.78, 5) is 12.4. The molecule has 0 rings (SSSR count). The largest absolute Gasteiger partial charge is 0.394 e. The van der Waals surface area contributed by atoms with Gasteiger partial charge in [-0.15, -0.1) is 0 Å². The van der Waals surface area contributed by atoms with Crippen LogP contribution in [0.15, 0.2) is 48.6 Å². The quantitative estimate of drug-likeness (QED) is 0.0349. The number of amides is 1. The monoisotopic (exact) mass is 662 g/mol. The lowest BCUT2D eigenvalue weighted by molar-refractivity contribution is -0.132. The van der Waals surface area contributed by atoms with Gasteiger partial charge in [-0.2, -0.15) is 0 Å². The number of aliphatic hydroxyl groups is 4. The predicted molar refractivity (Wildman–Crippen MR) is 200 cm³/mol. The molecule has 6 heteroatoms. The van der Waals surface area contributed by atoms with Gasteiger partial charge in [-0.25, -0.2) is 0 Å². The van der Waals surface area contributed by atoms with Crippen molar-refractivity contribution in [2.24, 2.45) is 0 Å². The molecule has 0 saturated heterocycles. The van der Waals surface area contributed by atoms with Crippen LogP contribution in [0.1, 0.15) is 174 Å². The van der Waals surface area contributed by atoms with Crippen molar-refractivity contribution in [3.05, 3.63) is 48.6 Å². The maximum atomic E-state index is 12.4. The first-order valence-electron chi connectivity index (χ1n) is 19.5. The van der Waals surface area contributed by atoms with Gasteiger partial charge in [-0.1, -0.05) is 139 Å². The molecule has 4 unspecified atom stereocenters. The van der Waals surface area contributed by atoms with Gasteiger partial charge in [-0.3, -0.25) is 4.79 Å². The summed E-state index contributed by atoms with van der Waals surface area (Å²) in [6, 6.07) is -1.01. The van der Waals surface area contributed by atoms with Crippen molar-refractivity contribution in [2.45, 2.75) is 199 Å². The zero-order valence-corrected chi connectivity index (χ0v) is 30.5. The number of carbonyl (C=O) groups excluding carboxylic acids is 1. The van der Waals surface area contributed by atoms with Gasteiger partial charge in [0.25, 0.3) is 0 Å². The second-order valence-corrected chi connectivity index (χ2v) is 13.3. The van der Waals surface area contributed by atoms with E-state index in [-0.39, 0.29) is 0 Å². The molecule has 5 N–H and O–H groups in total. The van der Waals surface area contributed by atoms with Crippen molar-refractivity contribution in [3.63, 3.8) is 0 Å². The minimum absolute atomic E-state index is 0.350. The SMILES string of the molecule is C/C=C/CC/C=C/CC/C=C/CCCC(O)C(O)C(CO)NC(=O)C(O)CCCCCCCC/C=C\CCCCCCCCCCC. The minimum Gasteiger partial charge on any atom is -0.394 e. The third-order valence-electron chi connectivity index (χ3n) is 8.81. The van der Waals surface area contributed by atoms with E-state index in [4.69, 9.17) is 0 Å². The van der Waals surface area contributed by atoms with E-state index in [0.29, 0.717) is 19.3 Å². The van der Waals surface area contributed by atoms with Crippen molar-refractivity contribution < 1.29 is 25.2 Å². The fourth-order valence-corrected chi connectivity index (χ4v) is 5.67. The maximum absolute atomic E-state index is 12.4. The Balaban J connectivity index is 3.84. The fraction of sp³-hybridized carbons (Fsp3) is 0.780. The topological polar surface area (TPSA) is 110 Å². The molecule has 0 saturated carbocycles. The van der Waals surface area contributed by atoms with Crippen LogP contribution in [-0.4, -0.2) is 57.3 Å². The van der Waals surface area contributed by atoms with Crippen LogP contribution in [0.25, 0.3) is 0 Å². The molecule has 0 aromatic rings. The minimum atomic E-state index is -1.29. The molecule has 0 heterocycles. The zero-order valence-electron chi connectivity index (χ0n) is 30.5. The molecule has 0 fully saturated rings. The molecule has 0 aromatic carbocycles. The van der Waals surface area contributed by atoms with Crippen LogP contribution in [0.3, 0.4) is 0 Å². The smallest absolute Gasteiger partial charge is 0.249 e. The summed E-state index contributed by atoms with van der Waals surface area (Å²) in [5, 5.41) is 43.4. The lowest BCUT2D eigenvalue weighted by Crippen LogP contribution is -2.53. The molecule has 0 aliphatic rings. The van der Waals surface area contributed by atoms with Gasteiger partial charge in [0.15, 0.2) is 0 Å². The number of carbonyl (C=O) groups is 1. The predicted octanol–water partition coefficient (Wildman–Crippen LogP) is 9.56. The third kappa shape index (κ3) is 30.1. The highest BCUT2D eigenvalue weighted by Crippen LogP contribution is 2.14. The molecule has 47 heavy (non-hydrogen) atoms.